The first-order valence-electron chi connectivity index (χ1n) is 6.59. The average Bonchev–Trinajstić information content (AvgIpc) is 2.29. The minimum Gasteiger partial charge on any atom is -0.507 e. The normalized spacial score (nSPS) is 12.6. The molecule has 0 amide bonds. The van der Waals surface area contributed by atoms with E-state index in [-0.39, 0.29) is 0 Å². The Labute approximate surface area is 113 Å². The highest BCUT2D eigenvalue weighted by molar-refractivity contribution is 5.52. The number of aryl methyl sites for hydroxylation is 3. The molecule has 1 aliphatic rings. The Morgan fingerprint density at radius 3 is 2.37 bits per heavy atom. The van der Waals surface area contributed by atoms with Crippen molar-refractivity contribution in [2.75, 3.05) is 0 Å². The van der Waals surface area contributed by atoms with Crippen LogP contribution in [0.15, 0.2) is 24.3 Å². The Balaban J connectivity index is 2.03. The van der Waals surface area contributed by atoms with Gasteiger partial charge in [-0.1, -0.05) is 29.3 Å². The number of hydrogen-bond acceptors (Lipinski definition) is 2. The molecule has 0 saturated heterocycles. The van der Waals surface area contributed by atoms with E-state index in [4.69, 9.17) is 4.74 Å². The van der Waals surface area contributed by atoms with Gasteiger partial charge in [-0.25, -0.2) is 0 Å². The molecule has 1 heterocycles. The van der Waals surface area contributed by atoms with Crippen molar-refractivity contribution in [3.8, 4) is 11.5 Å². The lowest BCUT2D eigenvalue weighted by molar-refractivity contribution is 0.240. The van der Waals surface area contributed by atoms with Crippen molar-refractivity contribution in [3.63, 3.8) is 0 Å². The van der Waals surface area contributed by atoms with Gasteiger partial charge >= 0.3 is 0 Å². The summed E-state index contributed by atoms with van der Waals surface area (Å²) in [5.41, 5.74) is 6.78. The fourth-order valence-electron chi connectivity index (χ4n) is 2.81. The fraction of sp³-hybridized carbons (Fsp3) is 0.294. The summed E-state index contributed by atoms with van der Waals surface area (Å²) < 4.78 is 5.55. The predicted molar refractivity (Wildman–Crippen MR) is 75.9 cm³/mol. The zero-order valence-electron chi connectivity index (χ0n) is 11.6. The summed E-state index contributed by atoms with van der Waals surface area (Å²) in [6.07, 6.45) is 0.721. The number of phenolic OH excluding ortho intramolecular Hbond substituents is 1. The molecule has 0 aromatic heterocycles. The molecule has 2 aromatic carbocycles. The highest BCUT2D eigenvalue weighted by atomic mass is 16.5. The first kappa shape index (κ1) is 12.1. The number of fused-ring (bicyclic) bond motifs is 1. The minimum absolute atomic E-state index is 0.403. The van der Waals surface area contributed by atoms with Crippen LogP contribution in [0.25, 0.3) is 0 Å². The molecule has 0 radical (unpaired) electrons. The van der Waals surface area contributed by atoms with Crippen molar-refractivity contribution >= 4 is 0 Å². The number of benzene rings is 2. The van der Waals surface area contributed by atoms with E-state index >= 15 is 0 Å². The first-order valence-corrected chi connectivity index (χ1v) is 6.59. The standard InChI is InChI=1S/C17H18O2/c1-10-4-12(3)16(18)13(5-10)8-14-6-11(2)7-15-9-19-17(14)15/h4-7,18H,8-9H2,1-3H3. The molecule has 0 saturated carbocycles. The van der Waals surface area contributed by atoms with Crippen LogP contribution in [0.4, 0.5) is 0 Å². The summed E-state index contributed by atoms with van der Waals surface area (Å²) in [6, 6.07) is 8.37. The second kappa shape index (κ2) is 4.30. The van der Waals surface area contributed by atoms with Gasteiger partial charge in [0.05, 0.1) is 0 Å². The lowest BCUT2D eigenvalue weighted by Crippen LogP contribution is -2.13. The molecule has 2 nitrogen and oxygen atoms in total. The molecule has 1 N–H and O–H groups in total. The zero-order chi connectivity index (χ0) is 13.6. The van der Waals surface area contributed by atoms with Crippen molar-refractivity contribution in [1.82, 2.24) is 0 Å². The van der Waals surface area contributed by atoms with Gasteiger partial charge in [0.15, 0.2) is 0 Å². The lowest BCUT2D eigenvalue weighted by Gasteiger charge is -2.24. The van der Waals surface area contributed by atoms with Gasteiger partial charge < -0.3 is 9.84 Å². The van der Waals surface area contributed by atoms with Crippen LogP contribution < -0.4 is 4.74 Å². The van der Waals surface area contributed by atoms with Crippen LogP contribution in [-0.2, 0) is 13.0 Å². The maximum absolute atomic E-state index is 10.2. The molecule has 2 heteroatoms. The summed E-state index contributed by atoms with van der Waals surface area (Å²) in [5, 5.41) is 10.2. The van der Waals surface area contributed by atoms with E-state index in [2.05, 4.69) is 32.0 Å². The Morgan fingerprint density at radius 1 is 1.00 bits per heavy atom. The summed E-state index contributed by atoms with van der Waals surface area (Å²) in [5.74, 6) is 1.41. The number of ether oxygens (including phenoxy) is 1. The molecule has 0 bridgehead atoms. The van der Waals surface area contributed by atoms with Crippen LogP contribution in [0.3, 0.4) is 0 Å². The van der Waals surface area contributed by atoms with E-state index in [9.17, 15) is 5.11 Å². The summed E-state index contributed by atoms with van der Waals surface area (Å²) in [6.45, 7) is 6.81. The van der Waals surface area contributed by atoms with Crippen molar-refractivity contribution in [2.45, 2.75) is 33.8 Å². The molecule has 98 valence electrons. The van der Waals surface area contributed by atoms with Crippen molar-refractivity contribution in [1.29, 1.82) is 0 Å². The van der Waals surface area contributed by atoms with Gasteiger partial charge in [-0.2, -0.15) is 0 Å². The molecule has 0 fully saturated rings. The van der Waals surface area contributed by atoms with Crippen LogP contribution in [-0.4, -0.2) is 5.11 Å². The van der Waals surface area contributed by atoms with Crippen LogP contribution in [0, 0.1) is 20.8 Å². The smallest absolute Gasteiger partial charge is 0.129 e. The predicted octanol–water partition coefficient (Wildman–Crippen LogP) is 3.80. The molecule has 2 aromatic rings. The number of rotatable bonds is 2. The largest absolute Gasteiger partial charge is 0.507 e. The molecular formula is C17H18O2. The van der Waals surface area contributed by atoms with Crippen molar-refractivity contribution in [3.05, 3.63) is 57.6 Å². The Hall–Kier alpha value is -1.96. The quantitative estimate of drug-likeness (QED) is 0.883. The van der Waals surface area contributed by atoms with E-state index in [0.29, 0.717) is 12.4 Å². The van der Waals surface area contributed by atoms with Gasteiger partial charge in [-0.3, -0.25) is 0 Å². The van der Waals surface area contributed by atoms with Gasteiger partial charge in [0.2, 0.25) is 0 Å². The lowest BCUT2D eigenvalue weighted by atomic mass is 9.94. The Morgan fingerprint density at radius 2 is 1.68 bits per heavy atom. The maximum Gasteiger partial charge on any atom is 0.129 e. The van der Waals surface area contributed by atoms with Gasteiger partial charge in [-0.15, -0.1) is 0 Å². The average molecular weight is 254 g/mol. The van der Waals surface area contributed by atoms with E-state index in [0.717, 1.165) is 23.3 Å². The van der Waals surface area contributed by atoms with E-state index < -0.39 is 0 Å². The van der Waals surface area contributed by atoms with Crippen LogP contribution in [0.5, 0.6) is 11.5 Å². The number of aromatic hydroxyl groups is 1. The van der Waals surface area contributed by atoms with Crippen molar-refractivity contribution in [2.24, 2.45) is 0 Å². The third-order valence-electron chi connectivity index (χ3n) is 3.66. The van der Waals surface area contributed by atoms with Crippen LogP contribution in [0.2, 0.25) is 0 Å². The molecule has 1 aliphatic heterocycles. The first-order chi connectivity index (χ1) is 9.04. The zero-order valence-corrected chi connectivity index (χ0v) is 11.6. The van der Waals surface area contributed by atoms with Gasteiger partial charge in [0.1, 0.15) is 18.1 Å². The highest BCUT2D eigenvalue weighted by Gasteiger charge is 2.20. The summed E-state index contributed by atoms with van der Waals surface area (Å²) in [7, 11) is 0. The molecule has 0 spiro atoms. The monoisotopic (exact) mass is 254 g/mol. The molecule has 0 atom stereocenters. The maximum atomic E-state index is 10.2. The van der Waals surface area contributed by atoms with Crippen LogP contribution >= 0.6 is 0 Å². The van der Waals surface area contributed by atoms with E-state index in [1.165, 1.54) is 22.3 Å². The van der Waals surface area contributed by atoms with Gasteiger partial charge in [0.25, 0.3) is 0 Å². The second-order valence-electron chi connectivity index (χ2n) is 5.47. The van der Waals surface area contributed by atoms with Crippen LogP contribution in [0.1, 0.15) is 33.4 Å². The Bertz CT molecular complexity index is 613. The third-order valence-corrected chi connectivity index (χ3v) is 3.66. The van der Waals surface area contributed by atoms with E-state index in [1.54, 1.807) is 0 Å². The van der Waals surface area contributed by atoms with Gasteiger partial charge in [-0.05, 0) is 43.5 Å². The molecule has 0 aliphatic carbocycles. The molecule has 3 rings (SSSR count). The Kier molecular flexibility index (Phi) is 2.74. The molecular weight excluding hydrogens is 236 g/mol. The topological polar surface area (TPSA) is 29.5 Å². The fourth-order valence-corrected chi connectivity index (χ4v) is 2.81. The third kappa shape index (κ3) is 2.07. The molecule has 0 unspecified atom stereocenters. The highest BCUT2D eigenvalue weighted by Crippen LogP contribution is 2.37. The van der Waals surface area contributed by atoms with Crippen molar-refractivity contribution < 1.29 is 9.84 Å². The SMILES string of the molecule is Cc1cc(C)c(O)c(Cc2cc(C)cc3c2OC3)c1. The summed E-state index contributed by atoms with van der Waals surface area (Å²) in [4.78, 5) is 0. The minimum atomic E-state index is 0.403. The van der Waals surface area contributed by atoms with E-state index in [1.807, 2.05) is 13.0 Å². The number of hydrogen-bond donors (Lipinski definition) is 1. The van der Waals surface area contributed by atoms with Gasteiger partial charge in [0, 0.05) is 12.0 Å². The summed E-state index contributed by atoms with van der Waals surface area (Å²) >= 11 is 0. The molecule has 19 heavy (non-hydrogen) atoms. The number of phenols is 1. The second-order valence-corrected chi connectivity index (χ2v) is 5.47.